The number of esters is 2. The van der Waals surface area contributed by atoms with E-state index in [9.17, 15) is 9.59 Å². The lowest BCUT2D eigenvalue weighted by molar-refractivity contribution is -0.137. The molecule has 0 radical (unpaired) electrons. The van der Waals surface area contributed by atoms with Crippen molar-refractivity contribution >= 4 is 18.0 Å². The zero-order valence-electron chi connectivity index (χ0n) is 11.0. The zero-order valence-corrected chi connectivity index (χ0v) is 11.0. The standard InChI is InChI=1S/C13H15NO5/c1-4-19-11(15)8-6-9-5-7-10(13(16)18-3)12(14-9)17-2/h5-8H,4H2,1-3H3/b8-6+. The Labute approximate surface area is 111 Å². The number of methoxy groups -OCH3 is 2. The van der Waals surface area contributed by atoms with Gasteiger partial charge in [-0.25, -0.2) is 14.6 Å². The van der Waals surface area contributed by atoms with Gasteiger partial charge < -0.3 is 14.2 Å². The molecule has 0 aliphatic carbocycles. The minimum absolute atomic E-state index is 0.137. The number of hydrogen-bond donors (Lipinski definition) is 0. The maximum absolute atomic E-state index is 11.4. The monoisotopic (exact) mass is 265 g/mol. The summed E-state index contributed by atoms with van der Waals surface area (Å²) in [6, 6.07) is 3.09. The van der Waals surface area contributed by atoms with Gasteiger partial charge in [-0.3, -0.25) is 0 Å². The molecule has 1 rings (SSSR count). The van der Waals surface area contributed by atoms with E-state index in [4.69, 9.17) is 9.47 Å². The molecule has 19 heavy (non-hydrogen) atoms. The van der Waals surface area contributed by atoms with E-state index in [0.717, 1.165) is 0 Å². The lowest BCUT2D eigenvalue weighted by atomic mass is 10.2. The van der Waals surface area contributed by atoms with Crippen LogP contribution < -0.4 is 4.74 Å². The van der Waals surface area contributed by atoms with Gasteiger partial charge in [-0.15, -0.1) is 0 Å². The summed E-state index contributed by atoms with van der Waals surface area (Å²) < 4.78 is 14.3. The summed E-state index contributed by atoms with van der Waals surface area (Å²) in [4.78, 5) is 26.6. The fraction of sp³-hybridized carbons (Fsp3) is 0.308. The molecule has 0 saturated carbocycles. The summed E-state index contributed by atoms with van der Waals surface area (Å²) in [5.41, 5.74) is 0.691. The molecule has 1 aromatic rings. The minimum atomic E-state index is -0.537. The predicted molar refractivity (Wildman–Crippen MR) is 67.8 cm³/mol. The summed E-state index contributed by atoms with van der Waals surface area (Å²) in [7, 11) is 2.67. The van der Waals surface area contributed by atoms with E-state index in [1.807, 2.05) is 0 Å². The number of carbonyl (C=O) groups is 2. The van der Waals surface area contributed by atoms with Crippen LogP contribution in [0.25, 0.3) is 6.08 Å². The molecule has 6 nitrogen and oxygen atoms in total. The van der Waals surface area contributed by atoms with Gasteiger partial charge >= 0.3 is 11.9 Å². The largest absolute Gasteiger partial charge is 0.480 e. The molecule has 0 N–H and O–H groups in total. The topological polar surface area (TPSA) is 74.7 Å². The first kappa shape index (κ1) is 14.7. The van der Waals surface area contributed by atoms with Crippen molar-refractivity contribution in [1.82, 2.24) is 4.98 Å². The first-order valence-electron chi connectivity index (χ1n) is 5.60. The lowest BCUT2D eigenvalue weighted by Gasteiger charge is -2.06. The smallest absolute Gasteiger partial charge is 0.343 e. The van der Waals surface area contributed by atoms with Crippen LogP contribution in [0.5, 0.6) is 5.88 Å². The van der Waals surface area contributed by atoms with Gasteiger partial charge in [-0.05, 0) is 25.1 Å². The van der Waals surface area contributed by atoms with Crippen LogP contribution in [0, 0.1) is 0 Å². The average Bonchev–Trinajstić information content (AvgIpc) is 2.44. The predicted octanol–water partition coefficient (Wildman–Crippen LogP) is 1.45. The molecule has 0 fully saturated rings. The Balaban J connectivity index is 2.94. The van der Waals surface area contributed by atoms with Crippen molar-refractivity contribution < 1.29 is 23.8 Å². The number of ether oxygens (including phenoxy) is 3. The maximum Gasteiger partial charge on any atom is 0.343 e. The van der Waals surface area contributed by atoms with E-state index < -0.39 is 11.9 Å². The fourth-order valence-corrected chi connectivity index (χ4v) is 1.31. The molecule has 0 unspecified atom stereocenters. The molecule has 0 atom stereocenters. The molecule has 1 aromatic heterocycles. The zero-order chi connectivity index (χ0) is 14.3. The number of carbonyl (C=O) groups excluding carboxylic acids is 2. The van der Waals surface area contributed by atoms with Crippen molar-refractivity contribution in [2.24, 2.45) is 0 Å². The Morgan fingerprint density at radius 2 is 2.05 bits per heavy atom. The maximum atomic E-state index is 11.4. The van der Waals surface area contributed by atoms with Crippen molar-refractivity contribution in [2.75, 3.05) is 20.8 Å². The first-order chi connectivity index (χ1) is 9.12. The summed E-state index contributed by atoms with van der Waals surface area (Å²) >= 11 is 0. The lowest BCUT2D eigenvalue weighted by Crippen LogP contribution is -2.06. The normalized spacial score (nSPS) is 10.3. The summed E-state index contributed by atoms with van der Waals surface area (Å²) in [6.07, 6.45) is 2.73. The molecule has 0 aliphatic rings. The highest BCUT2D eigenvalue weighted by atomic mass is 16.5. The van der Waals surface area contributed by atoms with Gasteiger partial charge in [0.1, 0.15) is 5.56 Å². The summed E-state index contributed by atoms with van der Waals surface area (Å²) in [6.45, 7) is 2.03. The van der Waals surface area contributed by atoms with Crippen molar-refractivity contribution in [2.45, 2.75) is 6.92 Å². The molecular weight excluding hydrogens is 250 g/mol. The third-order valence-corrected chi connectivity index (χ3v) is 2.16. The summed E-state index contributed by atoms with van der Waals surface area (Å²) in [5, 5.41) is 0. The highest BCUT2D eigenvalue weighted by molar-refractivity contribution is 5.92. The van der Waals surface area contributed by atoms with E-state index in [-0.39, 0.29) is 11.4 Å². The molecule has 0 aliphatic heterocycles. The SMILES string of the molecule is CCOC(=O)/C=C/c1ccc(C(=O)OC)c(OC)n1. The van der Waals surface area contributed by atoms with Gasteiger partial charge in [0.15, 0.2) is 0 Å². The number of pyridine rings is 1. The van der Waals surface area contributed by atoms with Crippen molar-refractivity contribution in [3.8, 4) is 5.88 Å². The van der Waals surface area contributed by atoms with Crippen LogP contribution in [-0.2, 0) is 14.3 Å². The quantitative estimate of drug-likeness (QED) is 0.592. The Morgan fingerprint density at radius 1 is 1.32 bits per heavy atom. The van der Waals surface area contributed by atoms with Gasteiger partial charge in [-0.1, -0.05) is 0 Å². The van der Waals surface area contributed by atoms with Crippen LogP contribution >= 0.6 is 0 Å². The van der Waals surface area contributed by atoms with Gasteiger partial charge in [-0.2, -0.15) is 0 Å². The van der Waals surface area contributed by atoms with Gasteiger partial charge in [0.05, 0.1) is 26.5 Å². The first-order valence-corrected chi connectivity index (χ1v) is 5.60. The number of aromatic nitrogens is 1. The highest BCUT2D eigenvalue weighted by Gasteiger charge is 2.13. The minimum Gasteiger partial charge on any atom is -0.480 e. The Morgan fingerprint density at radius 3 is 2.63 bits per heavy atom. The van der Waals surface area contributed by atoms with Gasteiger partial charge in [0.25, 0.3) is 0 Å². The van der Waals surface area contributed by atoms with Crippen LogP contribution in [0.2, 0.25) is 0 Å². The van der Waals surface area contributed by atoms with E-state index in [2.05, 4.69) is 9.72 Å². The molecule has 0 aromatic carbocycles. The number of nitrogens with zero attached hydrogens (tertiary/aromatic N) is 1. The number of rotatable bonds is 5. The molecule has 0 saturated heterocycles. The second-order valence-corrected chi connectivity index (χ2v) is 3.37. The fourth-order valence-electron chi connectivity index (χ4n) is 1.31. The molecule has 102 valence electrons. The summed E-state index contributed by atoms with van der Waals surface area (Å²) in [5.74, 6) is -0.858. The Bertz CT molecular complexity index is 496. The van der Waals surface area contributed by atoms with Crippen LogP contribution in [0.15, 0.2) is 18.2 Å². The molecule has 0 amide bonds. The second-order valence-electron chi connectivity index (χ2n) is 3.37. The van der Waals surface area contributed by atoms with Crippen molar-refractivity contribution in [3.63, 3.8) is 0 Å². The average molecular weight is 265 g/mol. The molecular formula is C13H15NO5. The second kappa shape index (κ2) is 7.15. The Hall–Kier alpha value is -2.37. The van der Waals surface area contributed by atoms with Crippen molar-refractivity contribution in [3.05, 3.63) is 29.5 Å². The van der Waals surface area contributed by atoms with Gasteiger partial charge in [0.2, 0.25) is 5.88 Å². The van der Waals surface area contributed by atoms with Crippen molar-refractivity contribution in [1.29, 1.82) is 0 Å². The van der Waals surface area contributed by atoms with E-state index >= 15 is 0 Å². The Kier molecular flexibility index (Phi) is 5.53. The molecule has 0 spiro atoms. The van der Waals surface area contributed by atoms with Crippen LogP contribution in [-0.4, -0.2) is 37.7 Å². The molecule has 0 bridgehead atoms. The van der Waals surface area contributed by atoms with E-state index in [0.29, 0.717) is 12.3 Å². The molecule has 6 heteroatoms. The third kappa shape index (κ3) is 4.09. The van der Waals surface area contributed by atoms with E-state index in [1.54, 1.807) is 13.0 Å². The van der Waals surface area contributed by atoms with Gasteiger partial charge in [0, 0.05) is 6.08 Å². The molecule has 1 heterocycles. The van der Waals surface area contributed by atoms with Crippen LogP contribution in [0.4, 0.5) is 0 Å². The van der Waals surface area contributed by atoms with Crippen LogP contribution in [0.3, 0.4) is 0 Å². The third-order valence-electron chi connectivity index (χ3n) is 2.16. The highest BCUT2D eigenvalue weighted by Crippen LogP contribution is 2.17. The number of hydrogen-bond acceptors (Lipinski definition) is 6. The van der Waals surface area contributed by atoms with Crippen LogP contribution in [0.1, 0.15) is 23.0 Å². The van der Waals surface area contributed by atoms with E-state index in [1.165, 1.54) is 32.4 Å².